The summed E-state index contributed by atoms with van der Waals surface area (Å²) in [6, 6.07) is 16.0. The number of urea groups is 1. The van der Waals surface area contributed by atoms with Crippen molar-refractivity contribution in [3.05, 3.63) is 76.3 Å². The van der Waals surface area contributed by atoms with Crippen molar-refractivity contribution in [2.45, 2.75) is 76.9 Å². The average molecular weight is 679 g/mol. The number of carbonyl (C=O) groups is 4. The van der Waals surface area contributed by atoms with Crippen LogP contribution in [0.4, 0.5) is 20.1 Å². The Bertz CT molecular complexity index is 1620. The van der Waals surface area contributed by atoms with Crippen LogP contribution in [-0.2, 0) is 11.2 Å². The minimum atomic E-state index is -0.902. The largest absolute Gasteiger partial charge is 0.496 e. The molecule has 3 aromatic rings. The zero-order valence-electron chi connectivity index (χ0n) is 27.7. The van der Waals surface area contributed by atoms with E-state index in [-0.39, 0.29) is 22.5 Å². The van der Waals surface area contributed by atoms with Crippen molar-refractivity contribution < 1.29 is 33.4 Å². The Morgan fingerprint density at radius 1 is 1.02 bits per heavy atom. The van der Waals surface area contributed by atoms with Crippen LogP contribution in [0.5, 0.6) is 11.5 Å². The van der Waals surface area contributed by atoms with Gasteiger partial charge in [-0.25, -0.2) is 14.4 Å². The van der Waals surface area contributed by atoms with E-state index in [0.29, 0.717) is 42.9 Å². The van der Waals surface area contributed by atoms with Crippen molar-refractivity contribution in [2.24, 2.45) is 5.73 Å². The SMILES string of the molecule is COc1cc(NC(=O)NCCCc2ccc(-c3ccccc3)c(OC(N)=O)c2C2CCC(NC(=O)OC(C)(C)C)CC2)c(Cl)cc1C=O. The summed E-state index contributed by atoms with van der Waals surface area (Å²) in [4.78, 5) is 48.6. The van der Waals surface area contributed by atoms with Crippen LogP contribution < -0.4 is 31.2 Å². The fourth-order valence-electron chi connectivity index (χ4n) is 5.94. The number of nitrogens with two attached hydrogens (primary N) is 1. The second-order valence-corrected chi connectivity index (χ2v) is 13.1. The van der Waals surface area contributed by atoms with Crippen LogP contribution in [-0.4, -0.2) is 49.8 Å². The van der Waals surface area contributed by atoms with Crippen molar-refractivity contribution in [1.82, 2.24) is 10.6 Å². The number of ether oxygens (including phenoxy) is 3. The van der Waals surface area contributed by atoms with Crippen molar-refractivity contribution in [3.8, 4) is 22.6 Å². The molecule has 1 saturated carbocycles. The number of hydrogen-bond donors (Lipinski definition) is 4. The van der Waals surface area contributed by atoms with Crippen molar-refractivity contribution >= 4 is 41.8 Å². The quantitative estimate of drug-likeness (QED) is 0.120. The van der Waals surface area contributed by atoms with Gasteiger partial charge in [-0.1, -0.05) is 54.1 Å². The minimum Gasteiger partial charge on any atom is -0.496 e. The second kappa shape index (κ2) is 16.4. The van der Waals surface area contributed by atoms with Crippen LogP contribution in [0.1, 0.15) is 80.3 Å². The topological polar surface area (TPSA) is 158 Å². The van der Waals surface area contributed by atoms with E-state index in [9.17, 15) is 19.2 Å². The lowest BCUT2D eigenvalue weighted by Gasteiger charge is -2.32. The number of methoxy groups -OCH3 is 1. The third-order valence-electron chi connectivity index (χ3n) is 8.03. The molecule has 0 bridgehead atoms. The summed E-state index contributed by atoms with van der Waals surface area (Å²) in [6.45, 7) is 5.82. The first-order valence-electron chi connectivity index (χ1n) is 15.9. The molecule has 48 heavy (non-hydrogen) atoms. The van der Waals surface area contributed by atoms with Gasteiger partial charge in [0.15, 0.2) is 6.29 Å². The predicted molar refractivity (Wildman–Crippen MR) is 185 cm³/mol. The molecule has 0 radical (unpaired) electrons. The number of aldehydes is 1. The molecule has 0 heterocycles. The zero-order chi connectivity index (χ0) is 34.8. The number of amides is 4. The molecule has 1 aliphatic carbocycles. The van der Waals surface area contributed by atoms with Gasteiger partial charge in [0.1, 0.15) is 17.1 Å². The van der Waals surface area contributed by atoms with E-state index in [0.717, 1.165) is 47.9 Å². The summed E-state index contributed by atoms with van der Waals surface area (Å²) in [5.74, 6) is 0.764. The van der Waals surface area contributed by atoms with E-state index < -0.39 is 23.8 Å². The summed E-state index contributed by atoms with van der Waals surface area (Å²) < 4.78 is 16.4. The van der Waals surface area contributed by atoms with Gasteiger partial charge >= 0.3 is 18.2 Å². The summed E-state index contributed by atoms with van der Waals surface area (Å²) in [7, 11) is 1.42. The molecule has 3 aromatic carbocycles. The number of benzene rings is 3. The monoisotopic (exact) mass is 678 g/mol. The Labute approximate surface area is 285 Å². The molecule has 4 amide bonds. The minimum absolute atomic E-state index is 0.0387. The molecule has 1 aliphatic rings. The smallest absolute Gasteiger partial charge is 0.409 e. The van der Waals surface area contributed by atoms with Gasteiger partial charge in [-0.2, -0.15) is 0 Å². The maximum absolute atomic E-state index is 12.7. The summed E-state index contributed by atoms with van der Waals surface area (Å²) >= 11 is 6.25. The third kappa shape index (κ3) is 9.87. The van der Waals surface area contributed by atoms with Gasteiger partial charge in [0.2, 0.25) is 0 Å². The Hall–Kier alpha value is -4.77. The van der Waals surface area contributed by atoms with E-state index >= 15 is 0 Å². The van der Waals surface area contributed by atoms with Crippen LogP contribution in [0, 0.1) is 0 Å². The molecule has 0 atom stereocenters. The summed E-state index contributed by atoms with van der Waals surface area (Å²) in [5.41, 5.74) is 9.12. The van der Waals surface area contributed by atoms with E-state index in [4.69, 9.17) is 31.5 Å². The summed E-state index contributed by atoms with van der Waals surface area (Å²) in [5, 5.41) is 8.73. The van der Waals surface area contributed by atoms with Gasteiger partial charge in [0.05, 0.1) is 23.4 Å². The number of carbonyl (C=O) groups excluding carboxylic acids is 4. The molecule has 0 unspecified atom stereocenters. The Kier molecular flexibility index (Phi) is 12.3. The fraction of sp³-hybridized carbons (Fsp3) is 0.389. The van der Waals surface area contributed by atoms with Crippen LogP contribution in [0.15, 0.2) is 54.6 Å². The van der Waals surface area contributed by atoms with Crippen LogP contribution in [0.3, 0.4) is 0 Å². The third-order valence-corrected chi connectivity index (χ3v) is 8.35. The lowest BCUT2D eigenvalue weighted by molar-refractivity contribution is 0.0490. The Morgan fingerprint density at radius 3 is 2.35 bits per heavy atom. The lowest BCUT2D eigenvalue weighted by Crippen LogP contribution is -2.40. The molecule has 5 N–H and O–H groups in total. The van der Waals surface area contributed by atoms with Gasteiger partial charge in [0, 0.05) is 29.8 Å². The van der Waals surface area contributed by atoms with Crippen molar-refractivity contribution in [1.29, 1.82) is 0 Å². The molecule has 0 saturated heterocycles. The molecular formula is C36H43ClN4O7. The number of rotatable bonds is 11. The second-order valence-electron chi connectivity index (χ2n) is 12.7. The zero-order valence-corrected chi connectivity index (χ0v) is 28.4. The lowest BCUT2D eigenvalue weighted by atomic mass is 9.78. The number of hydrogen-bond acceptors (Lipinski definition) is 7. The van der Waals surface area contributed by atoms with Crippen LogP contribution >= 0.6 is 11.6 Å². The molecular weight excluding hydrogens is 636 g/mol. The van der Waals surface area contributed by atoms with E-state index in [1.807, 2.05) is 63.2 Å². The molecule has 0 aliphatic heterocycles. The van der Waals surface area contributed by atoms with Gasteiger partial charge in [0.25, 0.3) is 0 Å². The van der Waals surface area contributed by atoms with Crippen molar-refractivity contribution in [3.63, 3.8) is 0 Å². The number of aryl methyl sites for hydroxylation is 1. The van der Waals surface area contributed by atoms with Gasteiger partial charge < -0.3 is 35.9 Å². The number of anilines is 1. The molecule has 12 heteroatoms. The highest BCUT2D eigenvalue weighted by Crippen LogP contribution is 2.45. The van der Waals surface area contributed by atoms with Gasteiger partial charge in [-0.3, -0.25) is 4.79 Å². The Morgan fingerprint density at radius 2 is 1.73 bits per heavy atom. The highest BCUT2D eigenvalue weighted by atomic mass is 35.5. The Balaban J connectivity index is 1.51. The highest BCUT2D eigenvalue weighted by Gasteiger charge is 2.30. The molecule has 256 valence electrons. The first kappa shape index (κ1) is 36.1. The average Bonchev–Trinajstić information content (AvgIpc) is 3.03. The standard InChI is InChI=1S/C36H43ClN4O7/c1-36(2,3)48-35(45)40-26-15-12-24(13-16-26)31-23(14-17-27(32(31)47-33(38)43)22-9-6-5-7-10-22)11-8-18-39-34(44)41-29-20-30(46-4)25(21-42)19-28(29)37/h5-7,9-10,14,17,19-21,24,26H,8,11-13,15-16,18H2,1-4H3,(H2,38,43)(H,40,45)(H2,39,41,44). The summed E-state index contributed by atoms with van der Waals surface area (Å²) in [6.07, 6.45) is 3.38. The predicted octanol–water partition coefficient (Wildman–Crippen LogP) is 7.59. The number of primary amides is 1. The van der Waals surface area contributed by atoms with Gasteiger partial charge in [-0.05, 0) is 82.4 Å². The van der Waals surface area contributed by atoms with E-state index in [1.165, 1.54) is 19.2 Å². The molecule has 0 aromatic heterocycles. The van der Waals surface area contributed by atoms with Gasteiger partial charge in [-0.15, -0.1) is 0 Å². The number of halogens is 1. The van der Waals surface area contributed by atoms with Crippen molar-refractivity contribution in [2.75, 3.05) is 19.0 Å². The first-order chi connectivity index (χ1) is 22.9. The molecule has 1 fully saturated rings. The van der Waals surface area contributed by atoms with E-state index in [1.54, 1.807) is 0 Å². The maximum Gasteiger partial charge on any atom is 0.409 e. The van der Waals surface area contributed by atoms with E-state index in [2.05, 4.69) is 16.0 Å². The first-order valence-corrected chi connectivity index (χ1v) is 16.3. The van der Waals surface area contributed by atoms with Crippen LogP contribution in [0.25, 0.3) is 11.1 Å². The van der Waals surface area contributed by atoms with Crippen LogP contribution in [0.2, 0.25) is 5.02 Å². The highest BCUT2D eigenvalue weighted by molar-refractivity contribution is 6.34. The number of alkyl carbamates (subject to hydrolysis) is 1. The molecule has 4 rings (SSSR count). The fourth-order valence-corrected chi connectivity index (χ4v) is 6.16. The molecule has 0 spiro atoms. The molecule has 11 nitrogen and oxygen atoms in total. The maximum atomic E-state index is 12.7. The number of nitrogens with one attached hydrogen (secondary N) is 3. The normalized spacial score (nSPS) is 15.9.